The van der Waals surface area contributed by atoms with Crippen LogP contribution < -0.4 is 10.1 Å². The summed E-state index contributed by atoms with van der Waals surface area (Å²) in [4.78, 5) is 26.0. The smallest absolute Gasteiger partial charge is 0.348 e. The van der Waals surface area contributed by atoms with Crippen LogP contribution in [0.15, 0.2) is 66.7 Å². The van der Waals surface area contributed by atoms with Crippen LogP contribution in [0.3, 0.4) is 0 Å². The molecule has 0 spiro atoms. The summed E-state index contributed by atoms with van der Waals surface area (Å²) in [6.07, 6.45) is 0. The molecule has 1 atom stereocenters. The lowest BCUT2D eigenvalue weighted by Crippen LogP contribution is -2.33. The van der Waals surface area contributed by atoms with Crippen LogP contribution in [0.2, 0.25) is 0 Å². The largest absolute Gasteiger partial charge is 0.497 e. The number of hydrogen-bond acceptors (Lipinski definition) is 5. The van der Waals surface area contributed by atoms with E-state index in [0.29, 0.717) is 4.88 Å². The minimum atomic E-state index is -0.492. The Morgan fingerprint density at radius 1 is 0.964 bits per heavy atom. The number of carbonyl (C=O) groups is 2. The van der Waals surface area contributed by atoms with Gasteiger partial charge in [-0.2, -0.15) is 0 Å². The summed E-state index contributed by atoms with van der Waals surface area (Å²) in [5.41, 5.74) is 1.83. The second kappa shape index (κ2) is 9.19. The molecule has 1 amide bonds. The number of thiophene rings is 1. The molecule has 1 aromatic heterocycles. The van der Waals surface area contributed by atoms with E-state index in [4.69, 9.17) is 9.47 Å². The van der Waals surface area contributed by atoms with Gasteiger partial charge in [0.15, 0.2) is 6.61 Å². The highest BCUT2D eigenvalue weighted by Gasteiger charge is 2.18. The molecular formula is C22H21NO4S. The standard InChI is InChI=1S/C22H21NO4S/c1-15-8-13-19(28-15)22(25)27-14-20(24)23-21(16-6-4-3-5-7-16)17-9-11-18(26-2)12-10-17/h3-13,21H,14H2,1-2H3,(H,23,24)/t21-/m0/s1. The van der Waals surface area contributed by atoms with Gasteiger partial charge < -0.3 is 14.8 Å². The molecule has 0 aliphatic rings. The summed E-state index contributed by atoms with van der Waals surface area (Å²) >= 11 is 1.34. The average Bonchev–Trinajstić information content (AvgIpc) is 3.17. The maximum Gasteiger partial charge on any atom is 0.348 e. The zero-order chi connectivity index (χ0) is 19.9. The van der Waals surface area contributed by atoms with Crippen molar-refractivity contribution in [3.8, 4) is 5.75 Å². The fourth-order valence-electron chi connectivity index (χ4n) is 2.75. The number of hydrogen-bond donors (Lipinski definition) is 1. The van der Waals surface area contributed by atoms with Gasteiger partial charge in [0.2, 0.25) is 0 Å². The Balaban J connectivity index is 1.70. The fourth-order valence-corrected chi connectivity index (χ4v) is 3.51. The van der Waals surface area contributed by atoms with Crippen LogP contribution in [-0.2, 0) is 9.53 Å². The first-order chi connectivity index (χ1) is 13.6. The molecule has 28 heavy (non-hydrogen) atoms. The highest BCUT2D eigenvalue weighted by atomic mass is 32.1. The van der Waals surface area contributed by atoms with E-state index in [1.54, 1.807) is 13.2 Å². The molecule has 3 aromatic rings. The monoisotopic (exact) mass is 395 g/mol. The zero-order valence-corrected chi connectivity index (χ0v) is 16.5. The second-order valence-corrected chi connectivity index (χ2v) is 7.46. The highest BCUT2D eigenvalue weighted by molar-refractivity contribution is 7.13. The van der Waals surface area contributed by atoms with Gasteiger partial charge in [0.1, 0.15) is 10.6 Å². The maximum atomic E-state index is 12.5. The molecule has 0 bridgehead atoms. The minimum Gasteiger partial charge on any atom is -0.497 e. The Bertz CT molecular complexity index is 935. The normalized spacial score (nSPS) is 11.5. The first-order valence-electron chi connectivity index (χ1n) is 8.78. The Morgan fingerprint density at radius 2 is 1.64 bits per heavy atom. The van der Waals surface area contributed by atoms with Gasteiger partial charge in [0.25, 0.3) is 5.91 Å². The number of carbonyl (C=O) groups excluding carboxylic acids is 2. The Kier molecular flexibility index (Phi) is 6.45. The molecular weight excluding hydrogens is 374 g/mol. The molecule has 5 nitrogen and oxygen atoms in total. The molecule has 0 unspecified atom stereocenters. The van der Waals surface area contributed by atoms with Crippen molar-refractivity contribution in [2.45, 2.75) is 13.0 Å². The van der Waals surface area contributed by atoms with Crippen LogP contribution in [0.4, 0.5) is 0 Å². The molecule has 144 valence electrons. The number of aryl methyl sites for hydroxylation is 1. The third-order valence-corrected chi connectivity index (χ3v) is 5.14. The van der Waals surface area contributed by atoms with E-state index in [2.05, 4.69) is 5.32 Å². The van der Waals surface area contributed by atoms with E-state index in [9.17, 15) is 9.59 Å². The number of esters is 1. The quantitative estimate of drug-likeness (QED) is 0.611. The lowest BCUT2D eigenvalue weighted by molar-refractivity contribution is -0.124. The lowest BCUT2D eigenvalue weighted by Gasteiger charge is -2.20. The second-order valence-electron chi connectivity index (χ2n) is 6.17. The van der Waals surface area contributed by atoms with Gasteiger partial charge in [-0.15, -0.1) is 11.3 Å². The minimum absolute atomic E-state index is 0.338. The Labute approximate surface area is 167 Å². The molecule has 6 heteroatoms. The van der Waals surface area contributed by atoms with Crippen LogP contribution in [0.25, 0.3) is 0 Å². The first kappa shape index (κ1) is 19.6. The van der Waals surface area contributed by atoms with Gasteiger partial charge in [0, 0.05) is 4.88 Å². The molecule has 0 saturated carbocycles. The molecule has 2 aromatic carbocycles. The van der Waals surface area contributed by atoms with Crippen LogP contribution >= 0.6 is 11.3 Å². The molecule has 0 aliphatic carbocycles. The topological polar surface area (TPSA) is 64.6 Å². The number of benzene rings is 2. The summed E-state index contributed by atoms with van der Waals surface area (Å²) in [6, 6.07) is 20.3. The van der Waals surface area contributed by atoms with Crippen molar-refractivity contribution >= 4 is 23.2 Å². The van der Waals surface area contributed by atoms with Crippen molar-refractivity contribution < 1.29 is 19.1 Å². The summed E-state index contributed by atoms with van der Waals surface area (Å²) in [7, 11) is 1.61. The molecule has 0 saturated heterocycles. The van der Waals surface area contributed by atoms with Crippen molar-refractivity contribution in [1.29, 1.82) is 0 Å². The number of amides is 1. The van der Waals surface area contributed by atoms with Crippen molar-refractivity contribution in [3.05, 3.63) is 87.6 Å². The Morgan fingerprint density at radius 3 is 2.25 bits per heavy atom. The van der Waals surface area contributed by atoms with Crippen molar-refractivity contribution in [2.24, 2.45) is 0 Å². The number of rotatable bonds is 7. The van der Waals surface area contributed by atoms with Crippen molar-refractivity contribution in [1.82, 2.24) is 5.32 Å². The third kappa shape index (κ3) is 4.98. The van der Waals surface area contributed by atoms with Crippen LogP contribution in [0.5, 0.6) is 5.75 Å². The fraction of sp³-hybridized carbons (Fsp3) is 0.182. The number of methoxy groups -OCH3 is 1. The predicted octanol–water partition coefficient (Wildman–Crippen LogP) is 4.13. The van der Waals surface area contributed by atoms with Gasteiger partial charge in [-0.3, -0.25) is 4.79 Å². The molecule has 1 heterocycles. The third-order valence-electron chi connectivity index (χ3n) is 4.16. The molecule has 0 aliphatic heterocycles. The maximum absolute atomic E-state index is 12.5. The van der Waals surface area contributed by atoms with Gasteiger partial charge in [-0.1, -0.05) is 42.5 Å². The van der Waals surface area contributed by atoms with Crippen LogP contribution in [0, 0.1) is 6.92 Å². The van der Waals surface area contributed by atoms with Gasteiger partial charge >= 0.3 is 5.97 Å². The first-order valence-corrected chi connectivity index (χ1v) is 9.60. The van der Waals surface area contributed by atoms with E-state index < -0.39 is 5.97 Å². The number of nitrogens with one attached hydrogen (secondary N) is 1. The van der Waals surface area contributed by atoms with Gasteiger partial charge in [-0.05, 0) is 42.3 Å². The van der Waals surface area contributed by atoms with Crippen molar-refractivity contribution in [3.63, 3.8) is 0 Å². The molecule has 1 N–H and O–H groups in total. The highest BCUT2D eigenvalue weighted by Crippen LogP contribution is 2.24. The van der Waals surface area contributed by atoms with E-state index >= 15 is 0 Å². The summed E-state index contributed by atoms with van der Waals surface area (Å²) in [6.45, 7) is 1.57. The number of ether oxygens (including phenoxy) is 2. The molecule has 0 fully saturated rings. The SMILES string of the molecule is COc1ccc([C@@H](NC(=O)COC(=O)c2ccc(C)s2)c2ccccc2)cc1. The summed E-state index contributed by atoms with van der Waals surface area (Å²) < 4.78 is 10.4. The zero-order valence-electron chi connectivity index (χ0n) is 15.7. The molecule has 3 rings (SSSR count). The van der Waals surface area contributed by atoms with Crippen LogP contribution in [0.1, 0.15) is 31.7 Å². The van der Waals surface area contributed by atoms with E-state index in [-0.39, 0.29) is 18.6 Å². The van der Waals surface area contributed by atoms with E-state index in [1.165, 1.54) is 11.3 Å². The summed E-state index contributed by atoms with van der Waals surface area (Å²) in [5.74, 6) is -0.123. The van der Waals surface area contributed by atoms with Crippen LogP contribution in [-0.4, -0.2) is 25.6 Å². The predicted molar refractivity (Wildman–Crippen MR) is 109 cm³/mol. The van der Waals surface area contributed by atoms with Gasteiger partial charge in [-0.25, -0.2) is 4.79 Å². The average molecular weight is 395 g/mol. The van der Waals surface area contributed by atoms with Crippen molar-refractivity contribution in [2.75, 3.05) is 13.7 Å². The lowest BCUT2D eigenvalue weighted by atomic mass is 9.98. The molecule has 0 radical (unpaired) electrons. The van der Waals surface area contributed by atoms with Gasteiger partial charge in [0.05, 0.1) is 13.2 Å². The van der Waals surface area contributed by atoms with E-state index in [1.807, 2.05) is 67.6 Å². The Hall–Kier alpha value is -3.12. The van der Waals surface area contributed by atoms with E-state index in [0.717, 1.165) is 21.8 Å². The summed E-state index contributed by atoms with van der Waals surface area (Å²) in [5, 5.41) is 2.95.